The molecule has 2 rings (SSSR count). The van der Waals surface area contributed by atoms with Crippen molar-refractivity contribution in [2.45, 2.75) is 36.6 Å². The number of hydrogen-bond acceptors (Lipinski definition) is 4. The Kier molecular flexibility index (Phi) is 6.40. The summed E-state index contributed by atoms with van der Waals surface area (Å²) in [6.07, 6.45) is 4.36. The first-order valence-corrected chi connectivity index (χ1v) is 8.35. The van der Waals surface area contributed by atoms with E-state index in [0.29, 0.717) is 17.6 Å². The van der Waals surface area contributed by atoms with Crippen LogP contribution >= 0.6 is 11.8 Å². The number of nitrogens with one attached hydrogen (secondary N) is 1. The summed E-state index contributed by atoms with van der Waals surface area (Å²) in [5.41, 5.74) is 1.26. The largest absolute Gasteiger partial charge is 0.355 e. The zero-order valence-corrected chi connectivity index (χ0v) is 13.7. The van der Waals surface area contributed by atoms with Crippen LogP contribution in [-0.2, 0) is 4.79 Å². The molecule has 0 aliphatic carbocycles. The molecule has 0 unspecified atom stereocenters. The van der Waals surface area contributed by atoms with Gasteiger partial charge in [-0.3, -0.25) is 4.79 Å². The minimum Gasteiger partial charge on any atom is -0.355 e. The number of aromatic nitrogens is 2. The van der Waals surface area contributed by atoms with Gasteiger partial charge < -0.3 is 5.32 Å². The van der Waals surface area contributed by atoms with Crippen LogP contribution in [0.2, 0.25) is 0 Å². The highest BCUT2D eigenvalue weighted by Gasteiger charge is 2.17. The third-order valence-corrected chi connectivity index (χ3v) is 4.47. The summed E-state index contributed by atoms with van der Waals surface area (Å²) in [7, 11) is 0. The molecule has 22 heavy (non-hydrogen) atoms. The molecule has 0 aliphatic rings. The number of hydrogen-bond donors (Lipinski definition) is 1. The molecule has 1 N–H and O–H groups in total. The third kappa shape index (κ3) is 4.84. The normalized spacial score (nSPS) is 13.4. The first-order valence-electron chi connectivity index (χ1n) is 7.47. The van der Waals surface area contributed by atoms with E-state index in [-0.39, 0.29) is 11.2 Å². The predicted molar refractivity (Wildman–Crippen MR) is 89.8 cm³/mol. The van der Waals surface area contributed by atoms with Crippen molar-refractivity contribution in [2.24, 2.45) is 0 Å². The van der Waals surface area contributed by atoms with Gasteiger partial charge in [-0.15, -0.1) is 0 Å². The molecule has 0 spiro atoms. The monoisotopic (exact) mass is 315 g/mol. The van der Waals surface area contributed by atoms with Gasteiger partial charge in [0.05, 0.1) is 5.25 Å². The molecule has 1 amide bonds. The zero-order valence-electron chi connectivity index (χ0n) is 12.9. The SMILES string of the molecule is CC[C@@H](CNC(=O)[C@@H](C)Sc1ncccn1)c1ccccc1. The maximum absolute atomic E-state index is 12.2. The molecule has 0 saturated heterocycles. The van der Waals surface area contributed by atoms with Gasteiger partial charge in [-0.25, -0.2) is 9.97 Å². The number of carbonyl (C=O) groups is 1. The summed E-state index contributed by atoms with van der Waals surface area (Å²) in [4.78, 5) is 20.5. The van der Waals surface area contributed by atoms with Gasteiger partial charge in [0.25, 0.3) is 0 Å². The van der Waals surface area contributed by atoms with E-state index >= 15 is 0 Å². The minimum absolute atomic E-state index is 0.0202. The Morgan fingerprint density at radius 2 is 1.86 bits per heavy atom. The Hall–Kier alpha value is -1.88. The molecule has 0 radical (unpaired) electrons. The van der Waals surface area contributed by atoms with Crippen molar-refractivity contribution in [3.63, 3.8) is 0 Å². The van der Waals surface area contributed by atoms with Crippen molar-refractivity contribution in [3.8, 4) is 0 Å². The van der Waals surface area contributed by atoms with Crippen LogP contribution in [0.4, 0.5) is 0 Å². The first-order chi connectivity index (χ1) is 10.7. The van der Waals surface area contributed by atoms with Gasteiger partial charge in [-0.05, 0) is 25.0 Å². The Morgan fingerprint density at radius 3 is 2.50 bits per heavy atom. The highest BCUT2D eigenvalue weighted by Crippen LogP contribution is 2.20. The van der Waals surface area contributed by atoms with Crippen LogP contribution < -0.4 is 5.32 Å². The number of nitrogens with zero attached hydrogens (tertiary/aromatic N) is 2. The second-order valence-electron chi connectivity index (χ2n) is 5.05. The molecular weight excluding hydrogens is 294 g/mol. The fourth-order valence-electron chi connectivity index (χ4n) is 2.15. The number of thioether (sulfide) groups is 1. The molecule has 2 atom stereocenters. The van der Waals surface area contributed by atoms with E-state index in [1.165, 1.54) is 17.3 Å². The van der Waals surface area contributed by atoms with Crippen LogP contribution in [0.15, 0.2) is 53.9 Å². The number of benzene rings is 1. The summed E-state index contributed by atoms with van der Waals surface area (Å²) < 4.78 is 0. The molecule has 1 aromatic carbocycles. The molecule has 0 aliphatic heterocycles. The second kappa shape index (κ2) is 8.54. The van der Waals surface area contributed by atoms with Gasteiger partial charge in [-0.2, -0.15) is 0 Å². The molecule has 4 nitrogen and oxygen atoms in total. The van der Waals surface area contributed by atoms with E-state index in [9.17, 15) is 4.79 Å². The Morgan fingerprint density at radius 1 is 1.18 bits per heavy atom. The predicted octanol–water partition coefficient (Wildman–Crippen LogP) is 3.27. The van der Waals surface area contributed by atoms with E-state index in [4.69, 9.17) is 0 Å². The molecule has 0 saturated carbocycles. The smallest absolute Gasteiger partial charge is 0.233 e. The lowest BCUT2D eigenvalue weighted by Gasteiger charge is -2.18. The van der Waals surface area contributed by atoms with E-state index in [0.717, 1.165) is 6.42 Å². The fraction of sp³-hybridized carbons (Fsp3) is 0.353. The summed E-state index contributed by atoms with van der Waals surface area (Å²) in [5, 5.41) is 3.45. The average Bonchev–Trinajstić information content (AvgIpc) is 2.57. The van der Waals surface area contributed by atoms with Gasteiger partial charge in [0, 0.05) is 24.9 Å². The van der Waals surface area contributed by atoms with Crippen molar-refractivity contribution in [2.75, 3.05) is 6.54 Å². The number of carbonyl (C=O) groups excluding carboxylic acids is 1. The molecule has 0 bridgehead atoms. The van der Waals surface area contributed by atoms with Crippen LogP contribution in [0.3, 0.4) is 0 Å². The lowest BCUT2D eigenvalue weighted by Crippen LogP contribution is -2.34. The van der Waals surface area contributed by atoms with Crippen molar-refractivity contribution in [1.82, 2.24) is 15.3 Å². The molecule has 1 heterocycles. The topological polar surface area (TPSA) is 54.9 Å². The lowest BCUT2D eigenvalue weighted by atomic mass is 9.96. The molecule has 5 heteroatoms. The summed E-state index contributed by atoms with van der Waals surface area (Å²) in [6, 6.07) is 12.1. The van der Waals surface area contributed by atoms with E-state index in [1.54, 1.807) is 18.5 Å². The van der Waals surface area contributed by atoms with Crippen LogP contribution in [0.1, 0.15) is 31.7 Å². The van der Waals surface area contributed by atoms with E-state index in [1.807, 2.05) is 25.1 Å². The van der Waals surface area contributed by atoms with Crippen LogP contribution in [0, 0.1) is 0 Å². The van der Waals surface area contributed by atoms with Crippen molar-refractivity contribution in [3.05, 3.63) is 54.4 Å². The molecule has 2 aromatic rings. The van der Waals surface area contributed by atoms with Gasteiger partial charge in [0.15, 0.2) is 5.16 Å². The van der Waals surface area contributed by atoms with Gasteiger partial charge >= 0.3 is 0 Å². The molecule has 116 valence electrons. The summed E-state index contributed by atoms with van der Waals surface area (Å²) in [5.74, 6) is 0.363. The Labute approximate surface area is 135 Å². The zero-order chi connectivity index (χ0) is 15.8. The lowest BCUT2D eigenvalue weighted by molar-refractivity contribution is -0.120. The van der Waals surface area contributed by atoms with Crippen LogP contribution in [0.5, 0.6) is 0 Å². The molecule has 1 aromatic heterocycles. The number of rotatable bonds is 7. The summed E-state index contributed by atoms with van der Waals surface area (Å²) in [6.45, 7) is 4.67. The van der Waals surface area contributed by atoms with Gasteiger partial charge in [-0.1, -0.05) is 49.0 Å². The van der Waals surface area contributed by atoms with Crippen LogP contribution in [-0.4, -0.2) is 27.7 Å². The third-order valence-electron chi connectivity index (χ3n) is 3.48. The van der Waals surface area contributed by atoms with E-state index < -0.39 is 0 Å². The standard InChI is InChI=1S/C17H21N3OS/c1-3-14(15-8-5-4-6-9-15)12-20-16(21)13(2)22-17-18-10-7-11-19-17/h4-11,13-14H,3,12H2,1-2H3,(H,20,21)/t13-,14+/m1/s1. The summed E-state index contributed by atoms with van der Waals surface area (Å²) >= 11 is 1.37. The van der Waals surface area contributed by atoms with Crippen molar-refractivity contribution >= 4 is 17.7 Å². The first kappa shape index (κ1) is 16.5. The highest BCUT2D eigenvalue weighted by molar-refractivity contribution is 8.00. The highest BCUT2D eigenvalue weighted by atomic mass is 32.2. The maximum atomic E-state index is 12.2. The van der Waals surface area contributed by atoms with Crippen molar-refractivity contribution in [1.29, 1.82) is 0 Å². The van der Waals surface area contributed by atoms with Crippen LogP contribution in [0.25, 0.3) is 0 Å². The quantitative estimate of drug-likeness (QED) is 0.629. The molecule has 0 fully saturated rings. The minimum atomic E-state index is -0.212. The number of amides is 1. The molecular formula is C17H21N3OS. The van der Waals surface area contributed by atoms with Gasteiger partial charge in [0.2, 0.25) is 5.91 Å². The maximum Gasteiger partial charge on any atom is 0.233 e. The fourth-order valence-corrected chi connectivity index (χ4v) is 2.90. The van der Waals surface area contributed by atoms with E-state index in [2.05, 4.69) is 34.3 Å². The Balaban J connectivity index is 1.86. The van der Waals surface area contributed by atoms with Crippen molar-refractivity contribution < 1.29 is 4.79 Å². The van der Waals surface area contributed by atoms with Gasteiger partial charge in [0.1, 0.15) is 0 Å². The second-order valence-corrected chi connectivity index (χ2v) is 6.36. The Bertz CT molecular complexity index is 577. The average molecular weight is 315 g/mol.